The normalized spacial score (nSPS) is 32.5. The SMILES string of the molecule is CC1(C)O[C@@H]2[C@H](O1)[C@@H](c1cnn(C3CCCCO3)c1)C[C@H]2n1ccc2c(Cl)ncnc21. The molecule has 0 spiro atoms. The van der Waals surface area contributed by atoms with Crippen molar-refractivity contribution < 1.29 is 14.2 Å². The van der Waals surface area contributed by atoms with Gasteiger partial charge in [0.05, 0.1) is 23.7 Å². The lowest BCUT2D eigenvalue weighted by atomic mass is 9.98. The zero-order chi connectivity index (χ0) is 21.2. The Kier molecular flexibility index (Phi) is 4.61. The van der Waals surface area contributed by atoms with Crippen LogP contribution in [0.15, 0.2) is 31.0 Å². The molecule has 2 aliphatic heterocycles. The first-order valence-corrected chi connectivity index (χ1v) is 11.4. The summed E-state index contributed by atoms with van der Waals surface area (Å²) in [6.07, 6.45) is 11.7. The summed E-state index contributed by atoms with van der Waals surface area (Å²) in [6, 6.07) is 2.05. The third-order valence-corrected chi connectivity index (χ3v) is 7.05. The van der Waals surface area contributed by atoms with Crippen LogP contribution in [0.2, 0.25) is 5.15 Å². The number of aromatic nitrogens is 5. The highest BCUT2D eigenvalue weighted by molar-refractivity contribution is 6.33. The van der Waals surface area contributed by atoms with Gasteiger partial charge in [0, 0.05) is 24.9 Å². The third kappa shape index (κ3) is 3.28. The van der Waals surface area contributed by atoms with Crippen molar-refractivity contribution >= 4 is 22.6 Å². The zero-order valence-electron chi connectivity index (χ0n) is 17.6. The number of hydrogen-bond donors (Lipinski definition) is 0. The molecule has 31 heavy (non-hydrogen) atoms. The summed E-state index contributed by atoms with van der Waals surface area (Å²) in [5, 5.41) is 5.95. The van der Waals surface area contributed by atoms with E-state index in [0.29, 0.717) is 5.15 Å². The van der Waals surface area contributed by atoms with Crippen molar-refractivity contribution in [1.29, 1.82) is 0 Å². The molecule has 0 radical (unpaired) electrons. The van der Waals surface area contributed by atoms with Crippen LogP contribution < -0.4 is 0 Å². The van der Waals surface area contributed by atoms with E-state index in [4.69, 9.17) is 25.8 Å². The van der Waals surface area contributed by atoms with Gasteiger partial charge in [0.1, 0.15) is 29.5 Å². The van der Waals surface area contributed by atoms with Crippen molar-refractivity contribution in [3.05, 3.63) is 41.7 Å². The predicted octanol–water partition coefficient (Wildman–Crippen LogP) is 4.23. The van der Waals surface area contributed by atoms with Gasteiger partial charge in [-0.3, -0.25) is 0 Å². The Bertz CT molecular complexity index is 1110. The predicted molar refractivity (Wildman–Crippen MR) is 114 cm³/mol. The van der Waals surface area contributed by atoms with E-state index in [0.717, 1.165) is 42.5 Å². The summed E-state index contributed by atoms with van der Waals surface area (Å²) in [5.41, 5.74) is 1.99. The summed E-state index contributed by atoms with van der Waals surface area (Å²) in [7, 11) is 0. The average Bonchev–Trinajstić information content (AvgIpc) is 3.51. The summed E-state index contributed by atoms with van der Waals surface area (Å²) in [6.45, 7) is 4.75. The fraction of sp³-hybridized carbons (Fsp3) is 0.591. The Morgan fingerprint density at radius 2 is 2.03 bits per heavy atom. The second-order valence-electron chi connectivity index (χ2n) is 9.17. The first-order valence-electron chi connectivity index (χ1n) is 11.0. The van der Waals surface area contributed by atoms with Gasteiger partial charge in [0.15, 0.2) is 5.79 Å². The number of nitrogens with zero attached hydrogens (tertiary/aromatic N) is 5. The van der Waals surface area contributed by atoms with Crippen molar-refractivity contribution in [3.63, 3.8) is 0 Å². The van der Waals surface area contributed by atoms with Crippen molar-refractivity contribution in [2.45, 2.75) is 75.7 Å². The standard InChI is InChI=1S/C22H26ClN5O3/c1-22(2)30-18-15(13-10-26-28(11-13)17-5-3-4-8-29-17)9-16(19(18)31-22)27-7-6-14-20(23)24-12-25-21(14)27/h6-7,10-12,15-19H,3-5,8-9H2,1-2H3/t15-,16-,17?,18-,19+/m1/s1. The number of hydrogen-bond acceptors (Lipinski definition) is 6. The number of halogens is 1. The van der Waals surface area contributed by atoms with Gasteiger partial charge in [-0.05, 0) is 51.2 Å². The molecule has 0 amide bonds. The Balaban J connectivity index is 1.35. The van der Waals surface area contributed by atoms with Crippen molar-refractivity contribution in [2.24, 2.45) is 0 Å². The van der Waals surface area contributed by atoms with Gasteiger partial charge in [0.25, 0.3) is 0 Å². The number of rotatable bonds is 3. The topological polar surface area (TPSA) is 76.2 Å². The minimum atomic E-state index is -0.635. The highest BCUT2D eigenvalue weighted by Crippen LogP contribution is 2.51. The maximum absolute atomic E-state index is 6.40. The molecule has 0 aromatic carbocycles. The van der Waals surface area contributed by atoms with E-state index in [9.17, 15) is 0 Å². The van der Waals surface area contributed by atoms with E-state index in [-0.39, 0.29) is 30.4 Å². The Morgan fingerprint density at radius 1 is 1.16 bits per heavy atom. The smallest absolute Gasteiger partial charge is 0.163 e. The van der Waals surface area contributed by atoms with Gasteiger partial charge in [-0.2, -0.15) is 5.10 Å². The molecule has 1 unspecified atom stereocenters. The Morgan fingerprint density at radius 3 is 2.87 bits per heavy atom. The molecule has 0 bridgehead atoms. The van der Waals surface area contributed by atoms with Crippen LogP contribution in [0, 0.1) is 0 Å². The van der Waals surface area contributed by atoms with E-state index in [1.54, 1.807) is 0 Å². The molecule has 3 fully saturated rings. The second-order valence-corrected chi connectivity index (χ2v) is 9.53. The van der Waals surface area contributed by atoms with Crippen LogP contribution in [0.4, 0.5) is 0 Å². The summed E-state index contributed by atoms with van der Waals surface area (Å²) in [4.78, 5) is 8.61. The Hall–Kier alpha value is -2.00. The molecule has 8 nitrogen and oxygen atoms in total. The van der Waals surface area contributed by atoms with Crippen LogP contribution in [0.1, 0.15) is 63.3 Å². The largest absolute Gasteiger partial charge is 0.357 e. The molecule has 164 valence electrons. The molecule has 5 heterocycles. The van der Waals surface area contributed by atoms with Crippen LogP contribution >= 0.6 is 11.6 Å². The quantitative estimate of drug-likeness (QED) is 0.564. The molecular formula is C22H26ClN5O3. The highest BCUT2D eigenvalue weighted by atomic mass is 35.5. The van der Waals surface area contributed by atoms with Gasteiger partial charge in [0.2, 0.25) is 0 Å². The van der Waals surface area contributed by atoms with Gasteiger partial charge in [-0.15, -0.1) is 0 Å². The summed E-state index contributed by atoms with van der Waals surface area (Å²) in [5.74, 6) is -0.464. The molecule has 1 aliphatic carbocycles. The second kappa shape index (κ2) is 7.27. The molecule has 0 N–H and O–H groups in total. The van der Waals surface area contributed by atoms with Gasteiger partial charge in [-0.1, -0.05) is 11.6 Å². The minimum Gasteiger partial charge on any atom is -0.357 e. The van der Waals surface area contributed by atoms with Crippen molar-refractivity contribution in [1.82, 2.24) is 24.3 Å². The molecular weight excluding hydrogens is 418 g/mol. The molecule has 6 rings (SSSR count). The van der Waals surface area contributed by atoms with Crippen LogP contribution in [-0.4, -0.2) is 48.9 Å². The van der Waals surface area contributed by atoms with E-state index >= 15 is 0 Å². The molecule has 5 atom stereocenters. The lowest BCUT2D eigenvalue weighted by molar-refractivity contribution is -0.157. The maximum atomic E-state index is 6.40. The van der Waals surface area contributed by atoms with E-state index in [2.05, 4.69) is 25.8 Å². The lowest BCUT2D eigenvalue weighted by Gasteiger charge is -2.24. The minimum absolute atomic E-state index is 0.0277. The Labute approximate surface area is 185 Å². The first kappa shape index (κ1) is 19.7. The zero-order valence-corrected chi connectivity index (χ0v) is 18.4. The molecule has 9 heteroatoms. The van der Waals surface area contributed by atoms with Crippen LogP contribution in [0.5, 0.6) is 0 Å². The average molecular weight is 444 g/mol. The molecule has 3 aromatic rings. The highest BCUT2D eigenvalue weighted by Gasteiger charge is 2.55. The van der Waals surface area contributed by atoms with E-state index < -0.39 is 5.79 Å². The first-order chi connectivity index (χ1) is 15.0. The van der Waals surface area contributed by atoms with Crippen molar-refractivity contribution in [2.75, 3.05) is 6.61 Å². The summed E-state index contributed by atoms with van der Waals surface area (Å²) >= 11 is 6.29. The lowest BCUT2D eigenvalue weighted by Crippen LogP contribution is -2.27. The fourth-order valence-corrected chi connectivity index (χ4v) is 5.58. The fourth-order valence-electron chi connectivity index (χ4n) is 5.39. The molecule has 2 saturated heterocycles. The molecule has 3 aromatic heterocycles. The van der Waals surface area contributed by atoms with Gasteiger partial charge < -0.3 is 18.8 Å². The number of ether oxygens (including phenoxy) is 3. The summed E-state index contributed by atoms with van der Waals surface area (Å²) < 4.78 is 22.8. The molecule has 3 aliphatic rings. The van der Waals surface area contributed by atoms with E-state index in [1.807, 2.05) is 37.0 Å². The van der Waals surface area contributed by atoms with Crippen LogP contribution in [0.25, 0.3) is 11.0 Å². The third-order valence-electron chi connectivity index (χ3n) is 6.75. The van der Waals surface area contributed by atoms with Gasteiger partial charge >= 0.3 is 0 Å². The van der Waals surface area contributed by atoms with Crippen LogP contribution in [0.3, 0.4) is 0 Å². The van der Waals surface area contributed by atoms with Crippen LogP contribution in [-0.2, 0) is 14.2 Å². The molecule has 1 saturated carbocycles. The van der Waals surface area contributed by atoms with Gasteiger partial charge in [-0.25, -0.2) is 14.6 Å². The number of fused-ring (bicyclic) bond motifs is 2. The monoisotopic (exact) mass is 443 g/mol. The van der Waals surface area contributed by atoms with E-state index in [1.165, 1.54) is 12.7 Å². The maximum Gasteiger partial charge on any atom is 0.163 e. The van der Waals surface area contributed by atoms with Crippen molar-refractivity contribution in [3.8, 4) is 0 Å².